The van der Waals surface area contributed by atoms with Crippen LogP contribution >= 0.6 is 0 Å². The maximum atomic E-state index is 13.6. The second kappa shape index (κ2) is 8.72. The number of ether oxygens (including phenoxy) is 2. The molecule has 7 nitrogen and oxygen atoms in total. The van der Waals surface area contributed by atoms with Crippen LogP contribution in [0.4, 0.5) is 15.8 Å². The fourth-order valence-electron chi connectivity index (χ4n) is 2.43. The molecule has 0 aromatic heterocycles. The number of methoxy groups -OCH3 is 2. The van der Waals surface area contributed by atoms with Crippen LogP contribution in [0.15, 0.2) is 42.5 Å². The Labute approximate surface area is 157 Å². The van der Waals surface area contributed by atoms with Gasteiger partial charge >= 0.3 is 0 Å². The number of halogens is 1. The van der Waals surface area contributed by atoms with Crippen LogP contribution in [0.25, 0.3) is 0 Å². The molecule has 2 aromatic carbocycles. The smallest absolute Gasteiger partial charge is 0.232 e. The van der Waals surface area contributed by atoms with Crippen molar-refractivity contribution in [2.24, 2.45) is 0 Å². The number of para-hydroxylation sites is 1. The van der Waals surface area contributed by atoms with Crippen molar-refractivity contribution in [1.82, 2.24) is 0 Å². The van der Waals surface area contributed by atoms with Crippen LogP contribution in [0.5, 0.6) is 11.5 Å². The van der Waals surface area contributed by atoms with Gasteiger partial charge in [0.2, 0.25) is 15.9 Å². The normalized spacial score (nSPS) is 11.0. The number of carbonyl (C=O) groups excluding carboxylic acids is 1. The van der Waals surface area contributed by atoms with Crippen molar-refractivity contribution < 1.29 is 27.1 Å². The number of anilines is 2. The first kappa shape index (κ1) is 20.5. The molecule has 0 saturated heterocycles. The van der Waals surface area contributed by atoms with Crippen molar-refractivity contribution in [3.8, 4) is 11.5 Å². The zero-order chi connectivity index (χ0) is 20.0. The number of rotatable bonds is 8. The summed E-state index contributed by atoms with van der Waals surface area (Å²) in [5.41, 5.74) is 0.315. The molecule has 0 bridgehead atoms. The fourth-order valence-corrected chi connectivity index (χ4v) is 3.37. The SMILES string of the molecule is COc1ccc(N(CCC(=O)Nc2ccccc2F)S(C)(=O)=O)c(OC)c1. The molecule has 1 N–H and O–H groups in total. The molecule has 0 aliphatic carbocycles. The van der Waals surface area contributed by atoms with Gasteiger partial charge in [0.25, 0.3) is 0 Å². The van der Waals surface area contributed by atoms with Crippen LogP contribution in [0.3, 0.4) is 0 Å². The molecule has 2 aromatic rings. The first-order valence-electron chi connectivity index (χ1n) is 8.00. The first-order chi connectivity index (χ1) is 12.8. The Hall–Kier alpha value is -2.81. The summed E-state index contributed by atoms with van der Waals surface area (Å²) in [6.07, 6.45) is 0.863. The molecular weight excluding hydrogens is 375 g/mol. The lowest BCUT2D eigenvalue weighted by Crippen LogP contribution is -2.33. The number of amides is 1. The summed E-state index contributed by atoms with van der Waals surface area (Å²) in [7, 11) is -0.800. The van der Waals surface area contributed by atoms with E-state index in [2.05, 4.69) is 5.32 Å². The van der Waals surface area contributed by atoms with E-state index in [4.69, 9.17) is 9.47 Å². The van der Waals surface area contributed by atoms with Gasteiger partial charge in [0, 0.05) is 19.0 Å². The summed E-state index contributed by atoms with van der Waals surface area (Å²) in [5, 5.41) is 2.43. The summed E-state index contributed by atoms with van der Waals surface area (Å²) in [4.78, 5) is 12.1. The molecule has 0 heterocycles. The Balaban J connectivity index is 2.19. The minimum Gasteiger partial charge on any atom is -0.497 e. The largest absolute Gasteiger partial charge is 0.497 e. The highest BCUT2D eigenvalue weighted by atomic mass is 32.2. The molecule has 0 spiro atoms. The van der Waals surface area contributed by atoms with Gasteiger partial charge in [-0.05, 0) is 24.3 Å². The van der Waals surface area contributed by atoms with Crippen molar-refractivity contribution in [2.75, 3.05) is 36.6 Å². The van der Waals surface area contributed by atoms with Gasteiger partial charge < -0.3 is 14.8 Å². The van der Waals surface area contributed by atoms with E-state index in [1.165, 1.54) is 38.5 Å². The molecule has 0 saturated carbocycles. The Morgan fingerprint density at radius 2 is 1.85 bits per heavy atom. The van der Waals surface area contributed by atoms with Gasteiger partial charge in [0.05, 0.1) is 31.9 Å². The first-order valence-corrected chi connectivity index (χ1v) is 9.85. The Morgan fingerprint density at radius 3 is 2.44 bits per heavy atom. The van der Waals surface area contributed by atoms with E-state index < -0.39 is 21.7 Å². The van der Waals surface area contributed by atoms with Crippen molar-refractivity contribution in [3.63, 3.8) is 0 Å². The second-order valence-electron chi connectivity index (χ2n) is 5.65. The maximum Gasteiger partial charge on any atom is 0.232 e. The average molecular weight is 396 g/mol. The van der Waals surface area contributed by atoms with E-state index in [1.54, 1.807) is 18.2 Å². The fraction of sp³-hybridized carbons (Fsp3) is 0.278. The summed E-state index contributed by atoms with van der Waals surface area (Å²) >= 11 is 0. The third kappa shape index (κ3) is 5.33. The second-order valence-corrected chi connectivity index (χ2v) is 7.56. The molecule has 0 unspecified atom stereocenters. The molecule has 0 aliphatic heterocycles. The van der Waals surface area contributed by atoms with Crippen LogP contribution in [-0.4, -0.2) is 41.3 Å². The van der Waals surface area contributed by atoms with Crippen LogP contribution in [0.1, 0.15) is 6.42 Å². The van der Waals surface area contributed by atoms with Gasteiger partial charge in [-0.15, -0.1) is 0 Å². The highest BCUT2D eigenvalue weighted by molar-refractivity contribution is 7.92. The van der Waals surface area contributed by atoms with E-state index in [0.717, 1.165) is 10.6 Å². The molecule has 1 amide bonds. The third-order valence-electron chi connectivity index (χ3n) is 3.75. The molecule has 9 heteroatoms. The molecule has 27 heavy (non-hydrogen) atoms. The molecule has 2 rings (SSSR count). The van der Waals surface area contributed by atoms with Gasteiger partial charge in [0.1, 0.15) is 17.3 Å². The van der Waals surface area contributed by atoms with Gasteiger partial charge in [-0.25, -0.2) is 12.8 Å². The molecule has 0 aliphatic rings. The van der Waals surface area contributed by atoms with Crippen molar-refractivity contribution in [3.05, 3.63) is 48.3 Å². The molecule has 0 radical (unpaired) electrons. The third-order valence-corrected chi connectivity index (χ3v) is 4.93. The number of hydrogen-bond acceptors (Lipinski definition) is 5. The van der Waals surface area contributed by atoms with E-state index in [1.807, 2.05) is 0 Å². The van der Waals surface area contributed by atoms with E-state index in [9.17, 15) is 17.6 Å². The Morgan fingerprint density at radius 1 is 1.15 bits per heavy atom. The minimum atomic E-state index is -3.69. The summed E-state index contributed by atoms with van der Waals surface area (Å²) < 4.78 is 49.5. The lowest BCUT2D eigenvalue weighted by atomic mass is 10.2. The van der Waals surface area contributed by atoms with Crippen LogP contribution < -0.4 is 19.1 Å². The molecule has 0 atom stereocenters. The highest BCUT2D eigenvalue weighted by Gasteiger charge is 2.22. The Bertz CT molecular complexity index is 918. The van der Waals surface area contributed by atoms with E-state index in [0.29, 0.717) is 5.75 Å². The molecule has 146 valence electrons. The number of benzene rings is 2. The minimum absolute atomic E-state index is 0.0374. The summed E-state index contributed by atoms with van der Waals surface area (Å²) in [5.74, 6) is -0.292. The van der Waals surface area contributed by atoms with Crippen molar-refractivity contribution in [2.45, 2.75) is 6.42 Å². The van der Waals surface area contributed by atoms with Crippen molar-refractivity contribution in [1.29, 1.82) is 0 Å². The van der Waals surface area contributed by atoms with Crippen LogP contribution in [-0.2, 0) is 14.8 Å². The van der Waals surface area contributed by atoms with Gasteiger partial charge in [-0.1, -0.05) is 12.1 Å². The molecular formula is C18H21FN2O5S. The maximum absolute atomic E-state index is 13.6. The van der Waals surface area contributed by atoms with Crippen LogP contribution in [0, 0.1) is 5.82 Å². The number of sulfonamides is 1. The molecule has 0 fully saturated rings. The average Bonchev–Trinajstić information content (AvgIpc) is 2.62. The van der Waals surface area contributed by atoms with E-state index >= 15 is 0 Å². The van der Waals surface area contributed by atoms with E-state index in [-0.39, 0.29) is 30.1 Å². The summed E-state index contributed by atoms with van der Waals surface area (Å²) in [6, 6.07) is 10.4. The lowest BCUT2D eigenvalue weighted by molar-refractivity contribution is -0.116. The van der Waals surface area contributed by atoms with Gasteiger partial charge in [-0.2, -0.15) is 0 Å². The number of nitrogens with one attached hydrogen (secondary N) is 1. The quantitative estimate of drug-likeness (QED) is 0.742. The summed E-state index contributed by atoms with van der Waals surface area (Å²) in [6.45, 7) is -0.137. The van der Waals surface area contributed by atoms with Crippen LogP contribution in [0.2, 0.25) is 0 Å². The Kier molecular flexibility index (Phi) is 6.62. The predicted octanol–water partition coefficient (Wildman–Crippen LogP) is 2.64. The standard InChI is InChI=1S/C18H21FN2O5S/c1-25-13-8-9-16(17(12-13)26-2)21(27(3,23)24)11-10-18(22)20-15-7-5-4-6-14(15)19/h4-9,12H,10-11H2,1-3H3,(H,20,22). The number of carbonyl (C=O) groups is 1. The monoisotopic (exact) mass is 396 g/mol. The van der Waals surface area contributed by atoms with Gasteiger partial charge in [0.15, 0.2) is 0 Å². The number of nitrogens with zero attached hydrogens (tertiary/aromatic N) is 1. The zero-order valence-corrected chi connectivity index (χ0v) is 16.0. The lowest BCUT2D eigenvalue weighted by Gasteiger charge is -2.24. The predicted molar refractivity (Wildman–Crippen MR) is 101 cm³/mol. The zero-order valence-electron chi connectivity index (χ0n) is 15.2. The topological polar surface area (TPSA) is 84.9 Å². The van der Waals surface area contributed by atoms with Crippen molar-refractivity contribution >= 4 is 27.3 Å². The number of hydrogen-bond donors (Lipinski definition) is 1. The van der Waals surface area contributed by atoms with Gasteiger partial charge in [-0.3, -0.25) is 9.10 Å². The highest BCUT2D eigenvalue weighted by Crippen LogP contribution is 2.33.